The first kappa shape index (κ1) is 23.7. The minimum absolute atomic E-state index is 0.175. The maximum Gasteiger partial charge on any atom is 0.296 e. The zero-order valence-electron chi connectivity index (χ0n) is 19.2. The van der Waals surface area contributed by atoms with Crippen molar-refractivity contribution in [2.24, 2.45) is 10.2 Å². The lowest BCUT2D eigenvalue weighted by Gasteiger charge is -2.15. The first-order valence-electron chi connectivity index (χ1n) is 11.5. The highest BCUT2D eigenvalue weighted by Gasteiger charge is 2.24. The van der Waals surface area contributed by atoms with Crippen molar-refractivity contribution >= 4 is 43.9 Å². The van der Waals surface area contributed by atoms with Crippen LogP contribution in [0.15, 0.2) is 87.9 Å². The van der Waals surface area contributed by atoms with Crippen molar-refractivity contribution in [3.05, 3.63) is 89.5 Å². The van der Waals surface area contributed by atoms with Crippen molar-refractivity contribution in [3.8, 4) is 5.75 Å². The molecular weight excluding hydrogens is 478 g/mol. The molecule has 36 heavy (non-hydrogen) atoms. The Morgan fingerprint density at radius 2 is 1.61 bits per heavy atom. The standard InChI is InChI=1S/C27H23N3O5S/c31-26-24-20(11-6-12-22(24)28-27(32)18-8-2-1-3-9-18)16-23(36(33,34)35)25(26)30-29-21-14-13-17-7-4-5-10-19(17)15-21/h1-3,6,8-9,11-16,31H,4-5,7,10H2,(H,28,32)(H,33,34,35). The molecule has 4 aromatic rings. The van der Waals surface area contributed by atoms with Crippen LogP contribution in [0.25, 0.3) is 10.8 Å². The number of aryl methyl sites for hydroxylation is 2. The molecule has 182 valence electrons. The van der Waals surface area contributed by atoms with Crippen molar-refractivity contribution in [2.75, 3.05) is 5.32 Å². The fourth-order valence-electron chi connectivity index (χ4n) is 4.47. The van der Waals surface area contributed by atoms with E-state index in [1.54, 1.807) is 54.6 Å². The molecule has 0 heterocycles. The van der Waals surface area contributed by atoms with Gasteiger partial charge < -0.3 is 10.4 Å². The summed E-state index contributed by atoms with van der Waals surface area (Å²) < 4.78 is 34.2. The third-order valence-corrected chi connectivity index (χ3v) is 7.10. The Morgan fingerprint density at radius 1 is 0.861 bits per heavy atom. The summed E-state index contributed by atoms with van der Waals surface area (Å²) >= 11 is 0. The number of hydrogen-bond donors (Lipinski definition) is 3. The summed E-state index contributed by atoms with van der Waals surface area (Å²) in [6.45, 7) is 0. The molecule has 1 aliphatic rings. The van der Waals surface area contributed by atoms with Gasteiger partial charge in [0.1, 0.15) is 10.6 Å². The van der Waals surface area contributed by atoms with E-state index in [0.29, 0.717) is 16.6 Å². The molecule has 0 aromatic heterocycles. The molecule has 3 N–H and O–H groups in total. The number of benzene rings is 4. The van der Waals surface area contributed by atoms with Crippen molar-refractivity contribution in [2.45, 2.75) is 30.6 Å². The van der Waals surface area contributed by atoms with Gasteiger partial charge in [0.2, 0.25) is 0 Å². The van der Waals surface area contributed by atoms with E-state index in [1.165, 1.54) is 17.2 Å². The van der Waals surface area contributed by atoms with Gasteiger partial charge in [-0.25, -0.2) is 0 Å². The van der Waals surface area contributed by atoms with Crippen LogP contribution in [0.1, 0.15) is 34.3 Å². The maximum atomic E-state index is 12.7. The van der Waals surface area contributed by atoms with E-state index < -0.39 is 32.4 Å². The summed E-state index contributed by atoms with van der Waals surface area (Å²) in [5, 5.41) is 22.6. The monoisotopic (exact) mass is 501 g/mol. The van der Waals surface area contributed by atoms with E-state index in [4.69, 9.17) is 0 Å². The Balaban J connectivity index is 1.61. The molecule has 0 bridgehead atoms. The number of anilines is 1. The second-order valence-corrected chi connectivity index (χ2v) is 10.0. The van der Waals surface area contributed by atoms with Gasteiger partial charge in [-0.2, -0.15) is 13.5 Å². The summed E-state index contributed by atoms with van der Waals surface area (Å²) in [5.41, 5.74) is 3.18. The van der Waals surface area contributed by atoms with E-state index in [1.807, 2.05) is 12.1 Å². The third kappa shape index (κ3) is 4.71. The van der Waals surface area contributed by atoms with Gasteiger partial charge in [-0.15, -0.1) is 5.11 Å². The van der Waals surface area contributed by atoms with Crippen LogP contribution in [0.3, 0.4) is 0 Å². The van der Waals surface area contributed by atoms with Gasteiger partial charge in [0.15, 0.2) is 5.75 Å². The lowest BCUT2D eigenvalue weighted by Crippen LogP contribution is -2.12. The fraction of sp³-hybridized carbons (Fsp3) is 0.148. The number of phenols is 1. The second-order valence-electron chi connectivity index (χ2n) is 8.63. The Labute approximate surface area is 208 Å². The van der Waals surface area contributed by atoms with Gasteiger partial charge in [0.25, 0.3) is 16.0 Å². The number of amides is 1. The lowest BCUT2D eigenvalue weighted by atomic mass is 9.91. The van der Waals surface area contributed by atoms with Crippen molar-refractivity contribution in [3.63, 3.8) is 0 Å². The van der Waals surface area contributed by atoms with Crippen LogP contribution in [0.5, 0.6) is 5.75 Å². The number of rotatable bonds is 5. The average molecular weight is 502 g/mol. The van der Waals surface area contributed by atoms with Gasteiger partial charge >= 0.3 is 0 Å². The number of carbonyl (C=O) groups is 1. The quantitative estimate of drug-likeness (QED) is 0.217. The molecule has 0 aliphatic heterocycles. The smallest absolute Gasteiger partial charge is 0.296 e. The molecule has 0 saturated carbocycles. The average Bonchev–Trinajstić information content (AvgIpc) is 2.88. The number of fused-ring (bicyclic) bond motifs is 2. The third-order valence-electron chi connectivity index (χ3n) is 6.24. The predicted molar refractivity (Wildman–Crippen MR) is 137 cm³/mol. The summed E-state index contributed by atoms with van der Waals surface area (Å²) in [6, 6.07) is 20.1. The molecule has 1 amide bonds. The summed E-state index contributed by atoms with van der Waals surface area (Å²) in [7, 11) is -4.75. The molecule has 5 rings (SSSR count). The minimum Gasteiger partial charge on any atom is -0.505 e. The summed E-state index contributed by atoms with van der Waals surface area (Å²) in [4.78, 5) is 12.2. The van der Waals surface area contributed by atoms with Crippen LogP contribution in [0, 0.1) is 0 Å². The normalized spacial score (nSPS) is 13.6. The van der Waals surface area contributed by atoms with Gasteiger partial charge in [0.05, 0.1) is 11.4 Å². The number of carbonyl (C=O) groups excluding carboxylic acids is 1. The van der Waals surface area contributed by atoms with E-state index in [2.05, 4.69) is 15.5 Å². The van der Waals surface area contributed by atoms with Crippen LogP contribution >= 0.6 is 0 Å². The van der Waals surface area contributed by atoms with Crippen LogP contribution < -0.4 is 5.32 Å². The molecule has 0 unspecified atom stereocenters. The molecule has 4 aromatic carbocycles. The second kappa shape index (κ2) is 9.52. The first-order chi connectivity index (χ1) is 17.3. The SMILES string of the molecule is O=C(Nc1cccc2cc(S(=O)(=O)O)c(N=Nc3ccc4c(c3)CCCC4)c(O)c12)c1ccccc1. The molecule has 0 spiro atoms. The Bertz CT molecular complexity index is 1620. The Kier molecular flexibility index (Phi) is 6.26. The molecule has 8 nitrogen and oxygen atoms in total. The van der Waals surface area contributed by atoms with Gasteiger partial charge in [-0.1, -0.05) is 36.4 Å². The van der Waals surface area contributed by atoms with E-state index >= 15 is 0 Å². The highest BCUT2D eigenvalue weighted by molar-refractivity contribution is 7.86. The summed E-state index contributed by atoms with van der Waals surface area (Å²) in [5.74, 6) is -0.926. The first-order valence-corrected chi connectivity index (χ1v) is 12.9. The van der Waals surface area contributed by atoms with Gasteiger partial charge in [0, 0.05) is 10.9 Å². The lowest BCUT2D eigenvalue weighted by molar-refractivity contribution is 0.102. The van der Waals surface area contributed by atoms with Crippen LogP contribution in [-0.4, -0.2) is 24.0 Å². The molecule has 0 saturated heterocycles. The van der Waals surface area contributed by atoms with Crippen LogP contribution in [0.2, 0.25) is 0 Å². The zero-order valence-corrected chi connectivity index (χ0v) is 20.0. The van der Waals surface area contributed by atoms with Crippen molar-refractivity contribution in [1.82, 2.24) is 0 Å². The number of hydrogen-bond acceptors (Lipinski definition) is 6. The van der Waals surface area contributed by atoms with Crippen LogP contribution in [-0.2, 0) is 23.0 Å². The number of nitrogens with zero attached hydrogens (tertiary/aromatic N) is 2. The van der Waals surface area contributed by atoms with Gasteiger partial charge in [-0.3, -0.25) is 9.35 Å². The van der Waals surface area contributed by atoms with Crippen LogP contribution in [0.4, 0.5) is 17.1 Å². The minimum atomic E-state index is -4.75. The van der Waals surface area contributed by atoms with Crippen molar-refractivity contribution in [1.29, 1.82) is 0 Å². The van der Waals surface area contributed by atoms with Gasteiger partial charge in [-0.05, 0) is 78.6 Å². The highest BCUT2D eigenvalue weighted by atomic mass is 32.2. The number of phenolic OH excluding ortho intramolecular Hbond substituents is 1. The Morgan fingerprint density at radius 3 is 2.36 bits per heavy atom. The zero-order chi connectivity index (χ0) is 25.3. The molecule has 9 heteroatoms. The highest BCUT2D eigenvalue weighted by Crippen LogP contribution is 2.44. The Hall–Kier alpha value is -4.08. The van der Waals surface area contributed by atoms with E-state index in [-0.39, 0.29) is 11.1 Å². The number of azo groups is 1. The predicted octanol–water partition coefficient (Wildman–Crippen LogP) is 6.34. The van der Waals surface area contributed by atoms with E-state index in [0.717, 1.165) is 25.7 Å². The molecule has 0 atom stereocenters. The maximum absolute atomic E-state index is 12.7. The number of aromatic hydroxyl groups is 1. The molecule has 0 fully saturated rings. The summed E-state index contributed by atoms with van der Waals surface area (Å²) in [6.07, 6.45) is 4.16. The largest absolute Gasteiger partial charge is 0.505 e. The molecule has 0 radical (unpaired) electrons. The molecule has 1 aliphatic carbocycles. The number of nitrogens with one attached hydrogen (secondary N) is 1. The molecular formula is C27H23N3O5S. The van der Waals surface area contributed by atoms with E-state index in [9.17, 15) is 22.9 Å². The van der Waals surface area contributed by atoms with Crippen molar-refractivity contribution < 1.29 is 22.9 Å². The topological polar surface area (TPSA) is 128 Å². The fourth-order valence-corrected chi connectivity index (χ4v) is 5.13.